The van der Waals surface area contributed by atoms with Gasteiger partial charge in [-0.25, -0.2) is 28.8 Å². The van der Waals surface area contributed by atoms with E-state index in [1.807, 2.05) is 0 Å². The van der Waals surface area contributed by atoms with Gasteiger partial charge in [0.15, 0.2) is 55.5 Å². The molecule has 3 fully saturated rings. The van der Waals surface area contributed by atoms with Gasteiger partial charge in [-0.3, -0.25) is 14.4 Å². The van der Waals surface area contributed by atoms with Crippen LogP contribution in [0.3, 0.4) is 0 Å². The highest BCUT2D eigenvalue weighted by Crippen LogP contribution is 2.40. The molecule has 6 aromatic carbocycles. The lowest BCUT2D eigenvalue weighted by molar-refractivity contribution is -0.262. The minimum Gasteiger partial charge on any atom is -0.462 e. The molecule has 25 nitrogen and oxygen atoms in total. The van der Waals surface area contributed by atoms with Crippen molar-refractivity contribution >= 4 is 53.7 Å². The van der Waals surface area contributed by atoms with Gasteiger partial charge in [-0.15, -0.1) is 0 Å². The van der Waals surface area contributed by atoms with Crippen LogP contribution in [0, 0.1) is 16.2 Å². The SMILES string of the molecule is CO[C@H]1O[C@@H]([C@H](COC(=O)C(C)(C)C)O[C@H]2O[C@@H]([C@H](COC(=O)C(C)(C)C)O[C@@H]3O[C@H]([C@H](O)COC(=O)C(C)(C)C)[C@H](OC(=O)c4ccccc4)[C@H]3OC(=O)c3ccccc3)[C@@H](OC(=O)c3ccccc3)[C@@H]2OC(=O)c2ccccc2)[C@H](OC(=O)c2ccccc2)[C@H]1OC(=O)c1ccccc1. The van der Waals surface area contributed by atoms with E-state index in [4.69, 9.17) is 71.1 Å². The Morgan fingerprint density at radius 1 is 0.327 bits per heavy atom. The van der Waals surface area contributed by atoms with E-state index in [1.54, 1.807) is 172 Å². The van der Waals surface area contributed by atoms with Gasteiger partial charge in [0.2, 0.25) is 0 Å². The molecule has 0 radical (unpaired) electrons. The quantitative estimate of drug-likeness (QED) is 0.0391. The number of aliphatic hydroxyl groups is 1. The van der Waals surface area contributed by atoms with Crippen molar-refractivity contribution < 1.29 is 119 Å². The molecule has 6 aromatic rings. The zero-order valence-electron chi connectivity index (χ0n) is 57.3. The predicted molar refractivity (Wildman–Crippen MR) is 354 cm³/mol. The zero-order valence-corrected chi connectivity index (χ0v) is 57.3. The molecule has 101 heavy (non-hydrogen) atoms. The predicted octanol–water partition coefficient (Wildman–Crippen LogP) is 9.06. The van der Waals surface area contributed by atoms with E-state index in [9.17, 15) is 48.3 Å². The maximum atomic E-state index is 14.9. The molecule has 3 saturated heterocycles. The van der Waals surface area contributed by atoms with Crippen molar-refractivity contribution in [1.29, 1.82) is 0 Å². The van der Waals surface area contributed by atoms with Crippen LogP contribution in [0.5, 0.6) is 0 Å². The van der Waals surface area contributed by atoms with Crippen LogP contribution in [0.15, 0.2) is 182 Å². The van der Waals surface area contributed by atoms with Gasteiger partial charge in [0.1, 0.15) is 56.4 Å². The van der Waals surface area contributed by atoms with E-state index in [1.165, 1.54) is 79.9 Å². The largest absolute Gasteiger partial charge is 0.462 e. The van der Waals surface area contributed by atoms with Gasteiger partial charge in [-0.05, 0) is 135 Å². The van der Waals surface area contributed by atoms with Crippen molar-refractivity contribution in [2.75, 3.05) is 26.9 Å². The molecule has 3 aliphatic heterocycles. The van der Waals surface area contributed by atoms with Crippen LogP contribution in [0.25, 0.3) is 0 Å². The minimum absolute atomic E-state index is 0.00514. The fourth-order valence-corrected chi connectivity index (χ4v) is 10.6. The van der Waals surface area contributed by atoms with E-state index >= 15 is 0 Å². The molecular weight excluding hydrogens is 1310 g/mol. The summed E-state index contributed by atoms with van der Waals surface area (Å²) in [4.78, 5) is 128. The van der Waals surface area contributed by atoms with E-state index < -0.39 is 182 Å². The van der Waals surface area contributed by atoms with Crippen molar-refractivity contribution in [2.24, 2.45) is 16.2 Å². The number of esters is 9. The van der Waals surface area contributed by atoms with E-state index in [-0.39, 0.29) is 33.4 Å². The number of hydrogen-bond acceptors (Lipinski definition) is 25. The van der Waals surface area contributed by atoms with Gasteiger partial charge in [-0.1, -0.05) is 109 Å². The van der Waals surface area contributed by atoms with Crippen LogP contribution < -0.4 is 0 Å². The number of ether oxygens (including phenoxy) is 15. The summed E-state index contributed by atoms with van der Waals surface area (Å²) in [5.74, 6) is -8.36. The Bertz CT molecular complexity index is 3780. The second kappa shape index (κ2) is 33.6. The third-order valence-electron chi connectivity index (χ3n) is 16.1. The highest BCUT2D eigenvalue weighted by molar-refractivity contribution is 5.92. The van der Waals surface area contributed by atoms with Crippen molar-refractivity contribution in [3.63, 3.8) is 0 Å². The van der Waals surface area contributed by atoms with Crippen molar-refractivity contribution in [3.8, 4) is 0 Å². The summed E-state index contributed by atoms with van der Waals surface area (Å²) in [6.07, 6.45) is -27.8. The Morgan fingerprint density at radius 3 is 0.802 bits per heavy atom. The summed E-state index contributed by atoms with van der Waals surface area (Å²) in [5, 5.41) is 12.2. The summed E-state index contributed by atoms with van der Waals surface area (Å²) >= 11 is 0. The van der Waals surface area contributed by atoms with Crippen LogP contribution in [-0.2, 0) is 85.4 Å². The van der Waals surface area contributed by atoms with Crippen LogP contribution in [0.4, 0.5) is 0 Å². The monoisotopic (exact) mass is 1390 g/mol. The van der Waals surface area contributed by atoms with Crippen LogP contribution >= 0.6 is 0 Å². The summed E-state index contributed by atoms with van der Waals surface area (Å²) in [7, 11) is 1.23. The molecular formula is C76H82O25. The molecule has 0 spiro atoms. The first-order valence-corrected chi connectivity index (χ1v) is 32.7. The highest BCUT2D eigenvalue weighted by Gasteiger charge is 2.61. The molecule has 0 aromatic heterocycles. The summed E-state index contributed by atoms with van der Waals surface area (Å²) in [6.45, 7) is 11.6. The number of rotatable bonds is 26. The lowest BCUT2D eigenvalue weighted by Gasteiger charge is -2.32. The average molecular weight is 1400 g/mol. The molecule has 25 heteroatoms. The number of hydrogen-bond donors (Lipinski definition) is 1. The second-order valence-electron chi connectivity index (χ2n) is 27.0. The number of carbonyl (C=O) groups is 9. The molecule has 536 valence electrons. The fourth-order valence-electron chi connectivity index (χ4n) is 10.6. The molecule has 3 heterocycles. The highest BCUT2D eigenvalue weighted by atomic mass is 16.8. The molecule has 1 N–H and O–H groups in total. The van der Waals surface area contributed by atoms with Crippen molar-refractivity contribution in [2.45, 2.75) is 154 Å². The first-order valence-electron chi connectivity index (χ1n) is 32.7. The Labute approximate surface area is 583 Å². The molecule has 15 atom stereocenters. The molecule has 0 aliphatic carbocycles. The van der Waals surface area contributed by atoms with Crippen LogP contribution in [0.1, 0.15) is 124 Å². The van der Waals surface area contributed by atoms with Gasteiger partial charge in [-0.2, -0.15) is 0 Å². The molecule has 0 bridgehead atoms. The zero-order chi connectivity index (χ0) is 72.8. The molecule has 0 amide bonds. The summed E-state index contributed by atoms with van der Waals surface area (Å²) in [6, 6.07) is 46.0. The summed E-state index contributed by atoms with van der Waals surface area (Å²) < 4.78 is 94.9. The van der Waals surface area contributed by atoms with E-state index in [2.05, 4.69) is 0 Å². The number of methoxy groups -OCH3 is 1. The van der Waals surface area contributed by atoms with Gasteiger partial charge in [0.05, 0.1) is 49.6 Å². The Kier molecular flexibility index (Phi) is 25.1. The van der Waals surface area contributed by atoms with Gasteiger partial charge in [0, 0.05) is 7.11 Å². The second-order valence-corrected chi connectivity index (χ2v) is 27.0. The average Bonchev–Trinajstić information content (AvgIpc) is 1.63. The topological polar surface area (TPSA) is 312 Å². The number of aliphatic hydroxyl groups excluding tert-OH is 1. The standard InChI is InChI=1S/C76H82O25/c1-74(2,3)71(84)88-41-50(77)53-56(93-62(78)44-29-17-11-18-30-44)60(97-66(82)48-37-25-15-26-38-48)69(99-53)91-52(43-90-73(86)76(7,8)9)55-58(95-64(80)46-33-21-13-22-34-46)61(98-67(83)49-39-27-16-28-40-49)70(101-55)92-51(42-89-72(85)75(4,5)6)54-57(94-63(79)45-31-19-12-20-32-45)59(68(87-10)100-54)96-65(81)47-35-23-14-24-36-47/h11-40,50-61,68-70,77H,41-43H2,1-10H3/t50-,51+,52+,53-,54+,55+,56+,57+,58-,59-,60-,61+,68+,69-,70+/m1/s1. The molecule has 9 rings (SSSR count). The summed E-state index contributed by atoms with van der Waals surface area (Å²) in [5.41, 5.74) is -3.47. The lowest BCUT2D eigenvalue weighted by Crippen LogP contribution is -2.50. The van der Waals surface area contributed by atoms with E-state index in [0.29, 0.717) is 0 Å². The minimum atomic E-state index is -2.09. The van der Waals surface area contributed by atoms with Gasteiger partial charge < -0.3 is 76.2 Å². The maximum absolute atomic E-state index is 14.9. The van der Waals surface area contributed by atoms with Crippen molar-refractivity contribution in [3.05, 3.63) is 215 Å². The third kappa shape index (κ3) is 19.6. The van der Waals surface area contributed by atoms with Crippen LogP contribution in [-0.4, -0.2) is 178 Å². The van der Waals surface area contributed by atoms with Gasteiger partial charge in [0.25, 0.3) is 0 Å². The van der Waals surface area contributed by atoms with Gasteiger partial charge >= 0.3 is 53.7 Å². The maximum Gasteiger partial charge on any atom is 0.338 e. The normalized spacial score (nSPS) is 23.6. The Hall–Kier alpha value is -9.73. The number of benzene rings is 6. The Morgan fingerprint density at radius 2 is 0.545 bits per heavy atom. The first-order chi connectivity index (χ1) is 48.1. The van der Waals surface area contributed by atoms with E-state index in [0.717, 1.165) is 0 Å². The van der Waals surface area contributed by atoms with Crippen molar-refractivity contribution in [1.82, 2.24) is 0 Å². The molecule has 0 saturated carbocycles. The number of carbonyl (C=O) groups excluding carboxylic acids is 9. The fraction of sp³-hybridized carbons (Fsp3) is 0.408. The van der Waals surface area contributed by atoms with Crippen LogP contribution in [0.2, 0.25) is 0 Å². The molecule has 0 unspecified atom stereocenters. The Balaban J connectivity index is 1.21. The lowest BCUT2D eigenvalue weighted by atomic mass is 9.97. The first kappa shape index (κ1) is 75.5. The molecule has 3 aliphatic rings. The third-order valence-corrected chi connectivity index (χ3v) is 16.1. The smallest absolute Gasteiger partial charge is 0.338 e.